The lowest BCUT2D eigenvalue weighted by atomic mass is 9.55. The van der Waals surface area contributed by atoms with Gasteiger partial charge in [-0.15, -0.1) is 0 Å². The average Bonchev–Trinajstić information content (AvgIpc) is 3.31. The minimum absolute atomic E-state index is 0.115. The van der Waals surface area contributed by atoms with Crippen LogP contribution in [0.2, 0.25) is 0 Å². The highest BCUT2D eigenvalue weighted by Gasteiger charge is 2.61. The molecule has 9 rings (SSSR count). The van der Waals surface area contributed by atoms with Crippen molar-refractivity contribution in [3.63, 3.8) is 0 Å². The molecule has 5 heteroatoms. The first-order valence-corrected chi connectivity index (χ1v) is 14.2. The van der Waals surface area contributed by atoms with Crippen LogP contribution in [0.1, 0.15) is 44.4 Å². The van der Waals surface area contributed by atoms with Crippen molar-refractivity contribution >= 4 is 29.1 Å². The highest BCUT2D eigenvalue weighted by atomic mass is 16.2. The molecule has 0 aromatic heterocycles. The minimum atomic E-state index is -0.398. The molecule has 1 saturated heterocycles. The van der Waals surface area contributed by atoms with Crippen LogP contribution in [0, 0.1) is 11.8 Å². The molecule has 42 heavy (non-hydrogen) atoms. The molecule has 5 aromatic rings. The van der Waals surface area contributed by atoms with Gasteiger partial charge in [0.25, 0.3) is 5.91 Å². The minimum Gasteiger partial charge on any atom is -0.322 e. The molecule has 1 aliphatic heterocycles. The van der Waals surface area contributed by atoms with E-state index in [1.165, 1.54) is 27.2 Å². The number of hydrogen-bond donors (Lipinski definition) is 1. The number of anilines is 2. The molecule has 1 N–H and O–H groups in total. The maximum Gasteiger partial charge on any atom is 0.255 e. The fourth-order valence-electron chi connectivity index (χ4n) is 7.27. The molecule has 0 unspecified atom stereocenters. The lowest BCUT2D eigenvalue weighted by molar-refractivity contribution is -0.122. The van der Waals surface area contributed by atoms with E-state index in [0.717, 1.165) is 11.1 Å². The van der Waals surface area contributed by atoms with Crippen LogP contribution in [-0.4, -0.2) is 17.7 Å². The van der Waals surface area contributed by atoms with E-state index in [4.69, 9.17) is 0 Å². The van der Waals surface area contributed by atoms with Crippen molar-refractivity contribution in [2.24, 2.45) is 11.8 Å². The summed E-state index contributed by atoms with van der Waals surface area (Å²) in [7, 11) is 0. The van der Waals surface area contributed by atoms with Crippen LogP contribution in [-0.2, 0) is 9.59 Å². The fourth-order valence-corrected chi connectivity index (χ4v) is 7.27. The van der Waals surface area contributed by atoms with Crippen LogP contribution in [0.3, 0.4) is 0 Å². The van der Waals surface area contributed by atoms with Gasteiger partial charge >= 0.3 is 0 Å². The number of benzene rings is 5. The summed E-state index contributed by atoms with van der Waals surface area (Å²) in [6.07, 6.45) is 0. The Morgan fingerprint density at radius 1 is 0.524 bits per heavy atom. The number of nitrogens with one attached hydrogen (secondary N) is 1. The standard InChI is InChI=1S/C37H26N2O3/c40-35(24-8-2-1-3-9-24)38-25-18-14-22(15-19-25)23-16-20-26(21-17-23)39-36(41)33-31-27-10-4-5-11-28(27)32(34(33)37(39)42)30-13-7-6-12-29(30)31/h1-21,31-34H,(H,38,40)/t31?,32?,33-,34-/m1/s1. The van der Waals surface area contributed by atoms with Gasteiger partial charge in [0.1, 0.15) is 0 Å². The zero-order valence-corrected chi connectivity index (χ0v) is 22.6. The van der Waals surface area contributed by atoms with Gasteiger partial charge in [-0.25, -0.2) is 4.90 Å². The molecule has 1 fully saturated rings. The SMILES string of the molecule is O=C(Nc1ccc(-c2ccc(N3C(=O)[C@@H]4C5c6ccccc6C(c6ccccc65)[C@H]4C3=O)cc2)cc1)c1ccccc1. The molecule has 202 valence electrons. The summed E-state index contributed by atoms with van der Waals surface area (Å²) >= 11 is 0. The van der Waals surface area contributed by atoms with Gasteiger partial charge in [0.15, 0.2) is 0 Å². The monoisotopic (exact) mass is 546 g/mol. The number of rotatable bonds is 4. The van der Waals surface area contributed by atoms with E-state index in [1.54, 1.807) is 12.1 Å². The van der Waals surface area contributed by atoms with E-state index in [-0.39, 0.29) is 29.6 Å². The van der Waals surface area contributed by atoms with Crippen molar-refractivity contribution in [3.8, 4) is 11.1 Å². The summed E-state index contributed by atoms with van der Waals surface area (Å²) in [5.74, 6) is -1.42. The van der Waals surface area contributed by atoms with Crippen LogP contribution >= 0.6 is 0 Å². The molecule has 3 aliphatic carbocycles. The first-order chi connectivity index (χ1) is 20.6. The van der Waals surface area contributed by atoms with E-state index in [2.05, 4.69) is 29.6 Å². The molecular formula is C37H26N2O3. The van der Waals surface area contributed by atoms with Crippen molar-refractivity contribution < 1.29 is 14.4 Å². The largest absolute Gasteiger partial charge is 0.322 e. The Morgan fingerprint density at radius 2 is 0.952 bits per heavy atom. The second kappa shape index (κ2) is 9.38. The Balaban J connectivity index is 1.06. The average molecular weight is 547 g/mol. The van der Waals surface area contributed by atoms with E-state index < -0.39 is 11.8 Å². The summed E-state index contributed by atoms with van der Waals surface area (Å²) in [6, 6.07) is 40.9. The van der Waals surface area contributed by atoms with Crippen molar-refractivity contribution in [1.29, 1.82) is 0 Å². The van der Waals surface area contributed by atoms with Gasteiger partial charge in [-0.1, -0.05) is 91.0 Å². The van der Waals surface area contributed by atoms with Gasteiger partial charge in [0, 0.05) is 23.1 Å². The Kier molecular flexibility index (Phi) is 5.47. The predicted molar refractivity (Wildman–Crippen MR) is 162 cm³/mol. The van der Waals surface area contributed by atoms with Crippen LogP contribution < -0.4 is 10.2 Å². The van der Waals surface area contributed by atoms with Crippen molar-refractivity contribution in [3.05, 3.63) is 155 Å². The summed E-state index contributed by atoms with van der Waals surface area (Å²) in [6.45, 7) is 0. The Hall–Kier alpha value is -5.29. The van der Waals surface area contributed by atoms with Gasteiger partial charge in [-0.05, 0) is 69.8 Å². The molecule has 0 saturated carbocycles. The second-order valence-electron chi connectivity index (χ2n) is 11.2. The normalized spacial score (nSPS) is 21.5. The number of imide groups is 1. The second-order valence-corrected chi connectivity index (χ2v) is 11.2. The quantitative estimate of drug-likeness (QED) is 0.247. The van der Waals surface area contributed by atoms with Gasteiger partial charge in [0.05, 0.1) is 17.5 Å². The fraction of sp³-hybridized carbons (Fsp3) is 0.108. The van der Waals surface area contributed by atoms with Crippen LogP contribution in [0.25, 0.3) is 11.1 Å². The third-order valence-corrected chi connectivity index (χ3v) is 9.09. The summed E-state index contributed by atoms with van der Waals surface area (Å²) in [5.41, 5.74) is 8.51. The zero-order valence-electron chi connectivity index (χ0n) is 22.6. The molecule has 0 radical (unpaired) electrons. The smallest absolute Gasteiger partial charge is 0.255 e. The summed E-state index contributed by atoms with van der Waals surface area (Å²) < 4.78 is 0. The van der Waals surface area contributed by atoms with Crippen molar-refractivity contribution in [2.45, 2.75) is 11.8 Å². The molecule has 1 heterocycles. The third-order valence-electron chi connectivity index (χ3n) is 9.09. The van der Waals surface area contributed by atoms with E-state index in [9.17, 15) is 14.4 Å². The highest BCUT2D eigenvalue weighted by molar-refractivity contribution is 6.23. The Bertz CT molecular complexity index is 1760. The molecule has 3 amide bonds. The van der Waals surface area contributed by atoms with Gasteiger partial charge in [0.2, 0.25) is 11.8 Å². The zero-order chi connectivity index (χ0) is 28.4. The molecule has 4 aliphatic rings. The molecule has 2 atom stereocenters. The van der Waals surface area contributed by atoms with E-state index in [0.29, 0.717) is 16.9 Å². The van der Waals surface area contributed by atoms with E-state index in [1.807, 2.05) is 91.0 Å². The molecule has 2 bridgehead atoms. The number of hydrogen-bond acceptors (Lipinski definition) is 3. The van der Waals surface area contributed by atoms with Crippen LogP contribution in [0.5, 0.6) is 0 Å². The van der Waals surface area contributed by atoms with Crippen LogP contribution in [0.4, 0.5) is 11.4 Å². The topological polar surface area (TPSA) is 66.5 Å². The summed E-state index contributed by atoms with van der Waals surface area (Å²) in [4.78, 5) is 41.9. The lowest BCUT2D eigenvalue weighted by Crippen LogP contribution is -2.41. The molecule has 5 aromatic carbocycles. The van der Waals surface area contributed by atoms with Crippen LogP contribution in [0.15, 0.2) is 127 Å². The Morgan fingerprint density at radius 3 is 1.43 bits per heavy atom. The molecular weight excluding hydrogens is 520 g/mol. The number of carbonyl (C=O) groups is 3. The van der Waals surface area contributed by atoms with Crippen molar-refractivity contribution in [2.75, 3.05) is 10.2 Å². The maximum absolute atomic E-state index is 14.0. The first kappa shape index (κ1) is 24.5. The predicted octanol–water partition coefficient (Wildman–Crippen LogP) is 7.00. The van der Waals surface area contributed by atoms with Gasteiger partial charge in [-0.3, -0.25) is 14.4 Å². The lowest BCUT2D eigenvalue weighted by Gasteiger charge is -2.45. The molecule has 5 nitrogen and oxygen atoms in total. The number of nitrogens with zero attached hydrogens (tertiary/aromatic N) is 1. The van der Waals surface area contributed by atoms with Gasteiger partial charge in [-0.2, -0.15) is 0 Å². The van der Waals surface area contributed by atoms with E-state index >= 15 is 0 Å². The Labute approximate surface area is 243 Å². The maximum atomic E-state index is 14.0. The highest BCUT2D eigenvalue weighted by Crippen LogP contribution is 2.61. The van der Waals surface area contributed by atoms with Crippen molar-refractivity contribution in [1.82, 2.24) is 0 Å². The number of amides is 3. The first-order valence-electron chi connectivity index (χ1n) is 14.2. The number of carbonyl (C=O) groups excluding carboxylic acids is 3. The van der Waals surface area contributed by atoms with Gasteiger partial charge < -0.3 is 5.32 Å². The summed E-state index contributed by atoms with van der Waals surface area (Å²) in [5, 5.41) is 2.92. The molecule has 0 spiro atoms. The third kappa shape index (κ3) is 3.60.